The van der Waals surface area contributed by atoms with E-state index in [0.29, 0.717) is 24.7 Å². The maximum Gasteiger partial charge on any atom is 0.353 e. The maximum absolute atomic E-state index is 11.4. The Morgan fingerprint density at radius 3 is 2.48 bits per heavy atom. The summed E-state index contributed by atoms with van der Waals surface area (Å²) in [5, 5.41) is 14.4. The molecule has 3 rings (SSSR count). The van der Waals surface area contributed by atoms with Gasteiger partial charge < -0.3 is 20.7 Å². The van der Waals surface area contributed by atoms with E-state index in [0.717, 1.165) is 0 Å². The van der Waals surface area contributed by atoms with Crippen molar-refractivity contribution in [2.24, 2.45) is 0 Å². The number of hydrogen-bond acceptors (Lipinski definition) is 8. The van der Waals surface area contributed by atoms with Gasteiger partial charge in [-0.3, -0.25) is 10.1 Å². The lowest BCUT2D eigenvalue weighted by Gasteiger charge is -2.35. The minimum Gasteiger partial charge on any atom is -0.378 e. The molecule has 1 saturated heterocycles. The Labute approximate surface area is 145 Å². The van der Waals surface area contributed by atoms with E-state index in [1.54, 1.807) is 12.1 Å². The monoisotopic (exact) mass is 344 g/mol. The van der Waals surface area contributed by atoms with Gasteiger partial charge >= 0.3 is 5.69 Å². The van der Waals surface area contributed by atoms with Crippen molar-refractivity contribution in [1.82, 2.24) is 9.97 Å². The number of nitrogens with zero attached hydrogens (tertiary/aromatic N) is 4. The van der Waals surface area contributed by atoms with Gasteiger partial charge in [0.15, 0.2) is 0 Å². The van der Waals surface area contributed by atoms with Crippen LogP contribution in [0.15, 0.2) is 30.3 Å². The fraction of sp³-hybridized carbons (Fsp3) is 0.375. The Balaban J connectivity index is 1.99. The van der Waals surface area contributed by atoms with Crippen molar-refractivity contribution >= 4 is 29.0 Å². The molecular formula is C16H20N6O3. The van der Waals surface area contributed by atoms with Gasteiger partial charge in [0.1, 0.15) is 0 Å². The number of nitrogens with two attached hydrogens (primary N) is 1. The van der Waals surface area contributed by atoms with Crippen LogP contribution < -0.4 is 16.0 Å². The van der Waals surface area contributed by atoms with Crippen LogP contribution in [0.5, 0.6) is 0 Å². The number of nitrogens with one attached hydrogen (secondary N) is 1. The second kappa shape index (κ2) is 6.89. The highest BCUT2D eigenvalue weighted by atomic mass is 16.6. The third-order valence-electron chi connectivity index (χ3n) is 3.82. The van der Waals surface area contributed by atoms with E-state index in [1.807, 2.05) is 36.9 Å². The van der Waals surface area contributed by atoms with Gasteiger partial charge in [-0.1, -0.05) is 18.2 Å². The zero-order valence-corrected chi connectivity index (χ0v) is 14.0. The number of anilines is 4. The fourth-order valence-electron chi connectivity index (χ4n) is 2.87. The largest absolute Gasteiger partial charge is 0.378 e. The first-order valence-electron chi connectivity index (χ1n) is 7.98. The maximum atomic E-state index is 11.4. The molecule has 2 aromatic rings. The minimum absolute atomic E-state index is 0.00861. The van der Waals surface area contributed by atoms with Gasteiger partial charge in [-0.15, -0.1) is 0 Å². The molecule has 3 N–H and O–H groups in total. The lowest BCUT2D eigenvalue weighted by Crippen LogP contribution is -2.46. The van der Waals surface area contributed by atoms with Crippen molar-refractivity contribution in [3.05, 3.63) is 40.4 Å². The van der Waals surface area contributed by atoms with E-state index in [4.69, 9.17) is 10.5 Å². The van der Waals surface area contributed by atoms with Gasteiger partial charge in [0.2, 0.25) is 17.6 Å². The summed E-state index contributed by atoms with van der Waals surface area (Å²) in [6.07, 6.45) is 0.0172. The third-order valence-corrected chi connectivity index (χ3v) is 3.82. The Kier molecular flexibility index (Phi) is 4.66. The summed E-state index contributed by atoms with van der Waals surface area (Å²) in [6, 6.07) is 9.09. The molecule has 0 radical (unpaired) electrons. The highest BCUT2D eigenvalue weighted by Gasteiger charge is 2.29. The summed E-state index contributed by atoms with van der Waals surface area (Å²) in [5.41, 5.74) is 6.21. The molecule has 1 aromatic heterocycles. The molecule has 2 unspecified atom stereocenters. The van der Waals surface area contributed by atoms with Gasteiger partial charge in [-0.2, -0.15) is 9.97 Å². The molecule has 25 heavy (non-hydrogen) atoms. The lowest BCUT2D eigenvalue weighted by atomic mass is 10.2. The van der Waals surface area contributed by atoms with Crippen LogP contribution >= 0.6 is 0 Å². The molecule has 1 aromatic carbocycles. The Bertz CT molecular complexity index is 760. The van der Waals surface area contributed by atoms with E-state index >= 15 is 0 Å². The summed E-state index contributed by atoms with van der Waals surface area (Å²) in [7, 11) is 0. The normalized spacial score (nSPS) is 20.3. The fourth-order valence-corrected chi connectivity index (χ4v) is 2.87. The Morgan fingerprint density at radius 2 is 1.88 bits per heavy atom. The van der Waals surface area contributed by atoms with Crippen LogP contribution in [0.1, 0.15) is 13.8 Å². The predicted molar refractivity (Wildman–Crippen MR) is 95.0 cm³/mol. The van der Waals surface area contributed by atoms with Gasteiger partial charge in [-0.05, 0) is 26.0 Å². The van der Waals surface area contributed by atoms with Crippen molar-refractivity contribution in [2.45, 2.75) is 26.1 Å². The topological polar surface area (TPSA) is 119 Å². The minimum atomic E-state index is -0.574. The highest BCUT2D eigenvalue weighted by Crippen LogP contribution is 2.32. The quantitative estimate of drug-likeness (QED) is 0.640. The van der Waals surface area contributed by atoms with E-state index in [1.165, 1.54) is 0 Å². The van der Waals surface area contributed by atoms with Crippen molar-refractivity contribution < 1.29 is 9.66 Å². The van der Waals surface area contributed by atoms with Crippen molar-refractivity contribution in [3.63, 3.8) is 0 Å². The molecule has 2 heterocycles. The van der Waals surface area contributed by atoms with Crippen LogP contribution in [-0.4, -0.2) is 40.2 Å². The third kappa shape index (κ3) is 3.77. The molecule has 0 saturated carbocycles. The summed E-state index contributed by atoms with van der Waals surface area (Å²) in [5.74, 6) is 0.259. The molecule has 1 fully saturated rings. The number of nitro groups is 1. The second-order valence-electron chi connectivity index (χ2n) is 6.02. The Hall–Kier alpha value is -2.94. The predicted octanol–water partition coefficient (Wildman–Crippen LogP) is 2.32. The molecule has 2 atom stereocenters. The summed E-state index contributed by atoms with van der Waals surface area (Å²) >= 11 is 0. The number of nitrogen functional groups attached to an aromatic ring is 1. The van der Waals surface area contributed by atoms with Gasteiger partial charge in [0.25, 0.3) is 0 Å². The second-order valence-corrected chi connectivity index (χ2v) is 6.02. The average molecular weight is 344 g/mol. The molecule has 1 aliphatic rings. The number of rotatable bonds is 4. The number of aromatic nitrogens is 2. The number of hydrogen-bond donors (Lipinski definition) is 2. The van der Waals surface area contributed by atoms with Crippen LogP contribution in [0.2, 0.25) is 0 Å². The van der Waals surface area contributed by atoms with Crippen molar-refractivity contribution in [2.75, 3.05) is 29.0 Å². The molecule has 0 aliphatic carbocycles. The molecule has 9 nitrogen and oxygen atoms in total. The van der Waals surface area contributed by atoms with Crippen LogP contribution in [0.25, 0.3) is 0 Å². The van der Waals surface area contributed by atoms with E-state index in [2.05, 4.69) is 15.3 Å². The van der Waals surface area contributed by atoms with Gasteiger partial charge in [0, 0.05) is 18.8 Å². The number of para-hydroxylation sites is 1. The van der Waals surface area contributed by atoms with Crippen LogP contribution in [0.4, 0.5) is 29.0 Å². The molecule has 0 spiro atoms. The molecule has 1 aliphatic heterocycles. The lowest BCUT2D eigenvalue weighted by molar-refractivity contribution is -0.383. The van der Waals surface area contributed by atoms with Crippen LogP contribution in [0.3, 0.4) is 0 Å². The number of morpholine rings is 1. The SMILES string of the molecule is CC1CN(c2nc(N)c([N+](=O)[O-])c(Nc3ccccc3)n2)CC(C)O1. The first-order valence-corrected chi connectivity index (χ1v) is 7.98. The van der Waals surface area contributed by atoms with Crippen molar-refractivity contribution in [3.8, 4) is 0 Å². The molecule has 0 bridgehead atoms. The van der Waals surface area contributed by atoms with Gasteiger partial charge in [-0.25, -0.2) is 0 Å². The summed E-state index contributed by atoms with van der Waals surface area (Å²) in [4.78, 5) is 21.3. The average Bonchev–Trinajstić information content (AvgIpc) is 2.54. The zero-order valence-electron chi connectivity index (χ0n) is 14.0. The van der Waals surface area contributed by atoms with Crippen molar-refractivity contribution in [1.29, 1.82) is 0 Å². The standard InChI is InChI=1S/C16H20N6O3/c1-10-8-21(9-11(2)25-10)16-19-14(17)13(22(23)24)15(20-16)18-12-6-4-3-5-7-12/h3-7,10-11H,8-9H2,1-2H3,(H3,17,18,19,20). The molecule has 0 amide bonds. The first-order chi connectivity index (χ1) is 11.9. The Morgan fingerprint density at radius 1 is 1.24 bits per heavy atom. The van der Waals surface area contributed by atoms with Crippen LogP contribution in [-0.2, 0) is 4.74 Å². The van der Waals surface area contributed by atoms with Crippen LogP contribution in [0, 0.1) is 10.1 Å². The first kappa shape index (κ1) is 16.9. The highest BCUT2D eigenvalue weighted by molar-refractivity contribution is 5.74. The smallest absolute Gasteiger partial charge is 0.353 e. The van der Waals surface area contributed by atoms with E-state index in [9.17, 15) is 10.1 Å². The zero-order chi connectivity index (χ0) is 18.0. The van der Waals surface area contributed by atoms with E-state index < -0.39 is 4.92 Å². The van der Waals surface area contributed by atoms with Gasteiger partial charge in [0.05, 0.1) is 17.1 Å². The molecule has 9 heteroatoms. The molecular weight excluding hydrogens is 324 g/mol. The summed E-state index contributed by atoms with van der Waals surface area (Å²) < 4.78 is 5.70. The van der Waals surface area contributed by atoms with E-state index in [-0.39, 0.29) is 29.5 Å². The number of benzene rings is 1. The summed E-state index contributed by atoms with van der Waals surface area (Å²) in [6.45, 7) is 5.10. The number of ether oxygens (including phenoxy) is 1. The molecule has 132 valence electrons.